The van der Waals surface area contributed by atoms with Crippen LogP contribution in [0.25, 0.3) is 10.8 Å². The summed E-state index contributed by atoms with van der Waals surface area (Å²) in [5, 5.41) is 5.82. The smallest absolute Gasteiger partial charge is 0.333 e. The highest BCUT2D eigenvalue weighted by Gasteiger charge is 2.27. The van der Waals surface area contributed by atoms with E-state index in [1.165, 1.54) is 44.8 Å². The van der Waals surface area contributed by atoms with Gasteiger partial charge in [-0.25, -0.2) is 4.79 Å². The summed E-state index contributed by atoms with van der Waals surface area (Å²) in [7, 11) is 4.30. The number of fused-ring (bicyclic) bond motifs is 1. The first-order valence-electron chi connectivity index (χ1n) is 19.1. The number of esters is 1. The molecule has 0 spiro atoms. The van der Waals surface area contributed by atoms with Crippen LogP contribution in [0, 0.1) is 47.5 Å². The number of hydrogen-bond acceptors (Lipinski definition) is 5. The molecule has 1 atom stereocenters. The zero-order valence-corrected chi connectivity index (χ0v) is 34.1. The van der Waals surface area contributed by atoms with Crippen molar-refractivity contribution in [2.45, 2.75) is 61.4 Å². The summed E-state index contributed by atoms with van der Waals surface area (Å²) >= 11 is 0. The summed E-state index contributed by atoms with van der Waals surface area (Å²) in [6.45, 7) is 20.7. The van der Waals surface area contributed by atoms with Gasteiger partial charge in [-0.3, -0.25) is 0 Å². The van der Waals surface area contributed by atoms with E-state index in [4.69, 9.17) is 4.74 Å². The molecule has 6 rings (SSSR count). The standard InChI is InChI=1S/C50H54N3O2/c1-31(2)50(54)55-30-38(9)51-46-25-24-45(43-14-12-13-15-44(43)46)47(39-16-20-41(21-17-39)52(10)48-34(5)26-32(3)27-35(48)6)40-18-22-42(23-19-40)53(11)49-36(7)28-33(4)29-37(49)8/h12-29,38,51H,1,30H2,2-11H3/q+1. The Kier molecular flexibility index (Phi) is 11.4. The number of carbonyl (C=O) groups is 1. The zero-order chi connectivity index (χ0) is 39.6. The fourth-order valence-electron chi connectivity index (χ4n) is 8.12. The first-order chi connectivity index (χ1) is 26.2. The monoisotopic (exact) mass is 728 g/mol. The van der Waals surface area contributed by atoms with Gasteiger partial charge in [0.25, 0.3) is 0 Å². The van der Waals surface area contributed by atoms with Gasteiger partial charge < -0.3 is 19.9 Å². The molecular formula is C50H54N3O2+. The van der Waals surface area contributed by atoms with E-state index in [1.54, 1.807) is 6.92 Å². The lowest BCUT2D eigenvalue weighted by molar-refractivity contribution is -0.139. The first kappa shape index (κ1) is 38.8. The van der Waals surface area contributed by atoms with Crippen molar-refractivity contribution in [3.8, 4) is 0 Å². The van der Waals surface area contributed by atoms with Crippen LogP contribution in [-0.2, 0) is 9.53 Å². The van der Waals surface area contributed by atoms with Crippen LogP contribution in [0.1, 0.15) is 63.9 Å². The van der Waals surface area contributed by atoms with Crippen LogP contribution >= 0.6 is 0 Å². The minimum absolute atomic E-state index is 0.100. The molecule has 280 valence electrons. The molecule has 1 unspecified atom stereocenters. The van der Waals surface area contributed by atoms with E-state index in [-0.39, 0.29) is 18.6 Å². The average molecular weight is 729 g/mol. The van der Waals surface area contributed by atoms with Crippen molar-refractivity contribution in [2.75, 3.05) is 35.8 Å². The molecule has 0 radical (unpaired) electrons. The second-order valence-electron chi connectivity index (χ2n) is 15.2. The van der Waals surface area contributed by atoms with Gasteiger partial charge in [-0.05, 0) is 150 Å². The van der Waals surface area contributed by atoms with Crippen LogP contribution in [0.3, 0.4) is 0 Å². The Bertz CT molecular complexity index is 2200. The van der Waals surface area contributed by atoms with E-state index in [1.807, 2.05) is 6.92 Å². The number of aryl methyl sites for hydroxylation is 6. The van der Waals surface area contributed by atoms with Crippen molar-refractivity contribution < 1.29 is 9.53 Å². The molecular weight excluding hydrogens is 675 g/mol. The van der Waals surface area contributed by atoms with Gasteiger partial charge in [0.1, 0.15) is 6.61 Å². The van der Waals surface area contributed by atoms with Crippen molar-refractivity contribution in [3.05, 3.63) is 177 Å². The Morgan fingerprint density at radius 3 is 1.55 bits per heavy atom. The molecule has 0 fully saturated rings. The molecule has 0 bridgehead atoms. The fraction of sp³-hybridized carbons (Fsp3) is 0.240. The summed E-state index contributed by atoms with van der Waals surface area (Å²) < 4.78 is 5.46. The lowest BCUT2D eigenvalue weighted by atomic mass is 9.82. The largest absolute Gasteiger partial charge is 0.460 e. The molecule has 0 aliphatic heterocycles. The first-order valence-corrected chi connectivity index (χ1v) is 19.1. The Morgan fingerprint density at radius 2 is 1.11 bits per heavy atom. The maximum atomic E-state index is 12.1. The lowest BCUT2D eigenvalue weighted by Gasteiger charge is -2.25. The molecule has 6 aromatic rings. The highest BCUT2D eigenvalue weighted by atomic mass is 16.5. The van der Waals surface area contributed by atoms with Gasteiger partial charge in [-0.1, -0.05) is 54.1 Å². The van der Waals surface area contributed by atoms with Crippen LogP contribution in [0.4, 0.5) is 28.4 Å². The molecule has 55 heavy (non-hydrogen) atoms. The molecule has 0 amide bonds. The lowest BCUT2D eigenvalue weighted by Crippen LogP contribution is -2.24. The number of ether oxygens (including phenoxy) is 1. The minimum atomic E-state index is -0.379. The van der Waals surface area contributed by atoms with Crippen LogP contribution < -0.4 is 15.1 Å². The second kappa shape index (κ2) is 16.2. The third-order valence-corrected chi connectivity index (χ3v) is 10.4. The van der Waals surface area contributed by atoms with E-state index < -0.39 is 0 Å². The van der Waals surface area contributed by atoms with Gasteiger partial charge in [0.2, 0.25) is 0 Å². The van der Waals surface area contributed by atoms with Crippen molar-refractivity contribution in [3.63, 3.8) is 0 Å². The van der Waals surface area contributed by atoms with E-state index >= 15 is 0 Å². The molecule has 6 aromatic carbocycles. The molecule has 0 saturated carbocycles. The molecule has 0 aliphatic rings. The maximum absolute atomic E-state index is 12.1. The molecule has 1 N–H and O–H groups in total. The molecule has 0 aliphatic carbocycles. The van der Waals surface area contributed by atoms with Crippen molar-refractivity contribution in [1.82, 2.24) is 0 Å². The number of nitrogens with one attached hydrogen (secondary N) is 1. The minimum Gasteiger partial charge on any atom is -0.460 e. The highest BCUT2D eigenvalue weighted by Crippen LogP contribution is 2.40. The summed E-state index contributed by atoms with van der Waals surface area (Å²) in [6, 6.07) is 39.7. The van der Waals surface area contributed by atoms with Gasteiger partial charge in [0, 0.05) is 41.8 Å². The van der Waals surface area contributed by atoms with Crippen LogP contribution in [0.2, 0.25) is 0 Å². The number of nitrogens with zero attached hydrogens (tertiary/aromatic N) is 2. The quantitative estimate of drug-likeness (QED) is 0.0588. The van der Waals surface area contributed by atoms with Crippen molar-refractivity contribution in [1.29, 1.82) is 0 Å². The normalized spacial score (nSPS) is 11.6. The number of hydrogen-bond donors (Lipinski definition) is 1. The van der Waals surface area contributed by atoms with E-state index in [0.717, 1.165) is 50.4 Å². The van der Waals surface area contributed by atoms with E-state index in [9.17, 15) is 4.79 Å². The molecule has 0 saturated heterocycles. The number of anilines is 5. The second-order valence-corrected chi connectivity index (χ2v) is 15.2. The van der Waals surface area contributed by atoms with E-state index in [0.29, 0.717) is 5.57 Å². The van der Waals surface area contributed by atoms with Gasteiger partial charge in [0.05, 0.1) is 45.7 Å². The predicted octanol–water partition coefficient (Wildman–Crippen LogP) is 12.2. The van der Waals surface area contributed by atoms with E-state index in [2.05, 4.69) is 187 Å². The molecule has 5 nitrogen and oxygen atoms in total. The van der Waals surface area contributed by atoms with Crippen LogP contribution in [0.5, 0.6) is 0 Å². The van der Waals surface area contributed by atoms with Gasteiger partial charge >= 0.3 is 5.97 Å². The van der Waals surface area contributed by atoms with Crippen molar-refractivity contribution >= 4 is 45.2 Å². The number of carbonyl (C=O) groups excluding carboxylic acids is 1. The summed E-state index contributed by atoms with van der Waals surface area (Å²) in [4.78, 5) is 16.7. The maximum Gasteiger partial charge on any atom is 0.333 e. The summed E-state index contributed by atoms with van der Waals surface area (Å²) in [5.74, 6) is 0.774. The third-order valence-electron chi connectivity index (χ3n) is 10.4. The van der Waals surface area contributed by atoms with Gasteiger partial charge in [-0.2, -0.15) is 0 Å². The van der Waals surface area contributed by atoms with Gasteiger partial charge in [-0.15, -0.1) is 0 Å². The number of benzene rings is 6. The highest BCUT2D eigenvalue weighted by molar-refractivity contribution is 5.98. The fourth-order valence-corrected chi connectivity index (χ4v) is 8.12. The Balaban J connectivity index is 1.41. The summed E-state index contributed by atoms with van der Waals surface area (Å²) in [5.41, 5.74) is 17.1. The Morgan fingerprint density at radius 1 is 0.673 bits per heavy atom. The van der Waals surface area contributed by atoms with Crippen LogP contribution in [0.15, 0.2) is 121 Å². The SMILES string of the molecule is C=C(C)C(=O)OCC(C)Nc1ccc([C+](c2ccc(N(C)c3c(C)cc(C)cc3C)cc2)c2ccc(N(C)c3c(C)cc(C)cc3C)cc2)c2ccccc12. The predicted molar refractivity (Wildman–Crippen MR) is 234 cm³/mol. The van der Waals surface area contributed by atoms with Gasteiger partial charge in [0.15, 0.2) is 0 Å². The van der Waals surface area contributed by atoms with Crippen molar-refractivity contribution in [2.24, 2.45) is 0 Å². The Labute approximate surface area is 328 Å². The average Bonchev–Trinajstić information content (AvgIpc) is 3.14. The third kappa shape index (κ3) is 8.27. The van der Waals surface area contributed by atoms with Crippen LogP contribution in [-0.4, -0.2) is 32.7 Å². The number of rotatable bonds is 12. The zero-order valence-electron chi connectivity index (χ0n) is 34.1. The molecule has 0 heterocycles. The molecule has 5 heteroatoms. The summed E-state index contributed by atoms with van der Waals surface area (Å²) in [6.07, 6.45) is 0. The topological polar surface area (TPSA) is 44.8 Å². The Hall–Kier alpha value is -5.94. The molecule has 0 aromatic heterocycles.